The largest absolute Gasteiger partial charge is 0.472 e. The molecule has 0 bridgehead atoms. The molecule has 0 unspecified atom stereocenters. The third-order valence-corrected chi connectivity index (χ3v) is 2.42. The van der Waals surface area contributed by atoms with Gasteiger partial charge in [0.25, 0.3) is 6.08 Å². The molecule has 1 aromatic rings. The van der Waals surface area contributed by atoms with E-state index in [1.807, 2.05) is 20.8 Å². The second kappa shape index (κ2) is 7.15. The second-order valence-corrected chi connectivity index (χ2v) is 5.53. The molecule has 1 heterocycles. The Morgan fingerprint density at radius 3 is 2.43 bits per heavy atom. The molecule has 0 N–H and O–H groups in total. The smallest absolute Gasteiger partial charge is 0.339 e. The van der Waals surface area contributed by atoms with Crippen LogP contribution in [0.25, 0.3) is 0 Å². The monoisotopic (exact) mass is 299 g/mol. The fraction of sp³-hybridized carbons (Fsp3) is 0.467. The lowest BCUT2D eigenvalue weighted by Crippen LogP contribution is -2.23. The van der Waals surface area contributed by atoms with Crippen molar-refractivity contribution >= 4 is 5.97 Å². The van der Waals surface area contributed by atoms with Gasteiger partial charge in [0.05, 0.1) is 12.2 Å². The first-order chi connectivity index (χ1) is 9.69. The third-order valence-electron chi connectivity index (χ3n) is 2.42. The second-order valence-electron chi connectivity index (χ2n) is 5.53. The molecule has 21 heavy (non-hydrogen) atoms. The van der Waals surface area contributed by atoms with Crippen molar-refractivity contribution in [2.75, 3.05) is 6.61 Å². The summed E-state index contributed by atoms with van der Waals surface area (Å²) in [5, 5.41) is 0. The van der Waals surface area contributed by atoms with Crippen LogP contribution < -0.4 is 4.74 Å². The lowest BCUT2D eigenvalue weighted by Gasteiger charge is -2.20. The van der Waals surface area contributed by atoms with Gasteiger partial charge in [-0.3, -0.25) is 0 Å². The van der Waals surface area contributed by atoms with Gasteiger partial charge in [0.15, 0.2) is 0 Å². The van der Waals surface area contributed by atoms with Crippen LogP contribution in [0.2, 0.25) is 0 Å². The van der Waals surface area contributed by atoms with E-state index >= 15 is 0 Å². The van der Waals surface area contributed by atoms with E-state index in [-0.39, 0.29) is 29.8 Å². The molecule has 0 atom stereocenters. The molecule has 0 aliphatic carbocycles. The van der Waals surface area contributed by atoms with Crippen LogP contribution in [0.15, 0.2) is 30.0 Å². The molecule has 1 rings (SSSR count). The van der Waals surface area contributed by atoms with Crippen LogP contribution in [0.1, 0.15) is 44.5 Å². The highest BCUT2D eigenvalue weighted by molar-refractivity contribution is 5.89. The van der Waals surface area contributed by atoms with Crippen molar-refractivity contribution in [2.45, 2.75) is 39.7 Å². The quantitative estimate of drug-likeness (QED) is 0.772. The number of hydrogen-bond acceptors (Lipinski definition) is 4. The van der Waals surface area contributed by atoms with E-state index in [9.17, 15) is 13.6 Å². The summed E-state index contributed by atoms with van der Waals surface area (Å²) in [6.45, 7) is 6.86. The molecule has 0 spiro atoms. The topological polar surface area (TPSA) is 48.4 Å². The van der Waals surface area contributed by atoms with Gasteiger partial charge in [-0.15, -0.1) is 0 Å². The summed E-state index contributed by atoms with van der Waals surface area (Å²) in [5.41, 5.74) is -0.219. The van der Waals surface area contributed by atoms with E-state index < -0.39 is 12.0 Å². The number of carbonyl (C=O) groups is 1. The fourth-order valence-electron chi connectivity index (χ4n) is 1.35. The van der Waals surface area contributed by atoms with E-state index in [4.69, 9.17) is 9.47 Å². The van der Waals surface area contributed by atoms with E-state index in [0.717, 1.165) is 0 Å². The van der Waals surface area contributed by atoms with Gasteiger partial charge in [-0.25, -0.2) is 9.78 Å². The Morgan fingerprint density at radius 2 is 1.95 bits per heavy atom. The zero-order valence-corrected chi connectivity index (χ0v) is 12.6. The van der Waals surface area contributed by atoms with Gasteiger partial charge in [-0.2, -0.15) is 8.78 Å². The van der Waals surface area contributed by atoms with Crippen molar-refractivity contribution in [2.24, 2.45) is 0 Å². The van der Waals surface area contributed by atoms with Gasteiger partial charge in [-0.1, -0.05) is 0 Å². The average Bonchev–Trinajstić information content (AvgIpc) is 2.37. The Balaban J connectivity index is 2.54. The Hall–Kier alpha value is -1.98. The SMILES string of the molecule is CC(CCOC(=O)c1ccc(OC(C)(C)C)nc1)=C(F)F. The zero-order chi connectivity index (χ0) is 16.0. The summed E-state index contributed by atoms with van der Waals surface area (Å²) in [6.07, 6.45) is -0.398. The minimum atomic E-state index is -1.74. The summed E-state index contributed by atoms with van der Waals surface area (Å²) in [4.78, 5) is 15.7. The molecule has 0 amide bonds. The van der Waals surface area contributed by atoms with Crippen molar-refractivity contribution in [3.8, 4) is 5.88 Å². The van der Waals surface area contributed by atoms with Crippen molar-refractivity contribution in [1.29, 1.82) is 0 Å². The van der Waals surface area contributed by atoms with Gasteiger partial charge in [0.2, 0.25) is 5.88 Å². The molecule has 116 valence electrons. The minimum absolute atomic E-state index is 0.00667. The first-order valence-corrected chi connectivity index (χ1v) is 6.52. The third kappa shape index (κ3) is 6.33. The molecular formula is C15H19F2NO3. The minimum Gasteiger partial charge on any atom is -0.472 e. The maximum atomic E-state index is 12.2. The Morgan fingerprint density at radius 1 is 1.29 bits per heavy atom. The van der Waals surface area contributed by atoms with Gasteiger partial charge >= 0.3 is 5.97 Å². The molecule has 6 heteroatoms. The van der Waals surface area contributed by atoms with Crippen LogP contribution in [-0.4, -0.2) is 23.2 Å². The van der Waals surface area contributed by atoms with Gasteiger partial charge < -0.3 is 9.47 Å². The maximum absolute atomic E-state index is 12.2. The molecule has 0 aliphatic heterocycles. The Labute approximate surface area is 122 Å². The zero-order valence-electron chi connectivity index (χ0n) is 12.6. The molecule has 0 saturated heterocycles. The first-order valence-electron chi connectivity index (χ1n) is 6.52. The summed E-state index contributed by atoms with van der Waals surface area (Å²) in [6, 6.07) is 3.09. The molecule has 0 fully saturated rings. The van der Waals surface area contributed by atoms with Crippen molar-refractivity contribution in [1.82, 2.24) is 4.98 Å². The number of pyridine rings is 1. The fourth-order valence-corrected chi connectivity index (χ4v) is 1.35. The Kier molecular flexibility index (Phi) is 5.81. The lowest BCUT2D eigenvalue weighted by atomic mass is 10.2. The molecular weight excluding hydrogens is 280 g/mol. The van der Waals surface area contributed by atoms with Crippen LogP contribution >= 0.6 is 0 Å². The molecule has 0 radical (unpaired) electrons. The molecule has 1 aromatic heterocycles. The number of halogens is 2. The number of ether oxygens (including phenoxy) is 2. The highest BCUT2D eigenvalue weighted by Crippen LogP contribution is 2.16. The highest BCUT2D eigenvalue weighted by atomic mass is 19.3. The lowest BCUT2D eigenvalue weighted by molar-refractivity contribution is 0.0507. The molecule has 4 nitrogen and oxygen atoms in total. The summed E-state index contributed by atoms with van der Waals surface area (Å²) in [5.74, 6) is -0.200. The van der Waals surface area contributed by atoms with Crippen molar-refractivity contribution in [3.05, 3.63) is 35.5 Å². The number of aromatic nitrogens is 1. The van der Waals surface area contributed by atoms with E-state index in [1.165, 1.54) is 19.2 Å². The van der Waals surface area contributed by atoms with Crippen LogP contribution in [0.5, 0.6) is 5.88 Å². The Bertz CT molecular complexity index is 515. The van der Waals surface area contributed by atoms with Gasteiger partial charge in [-0.05, 0) is 39.3 Å². The number of carbonyl (C=O) groups excluding carboxylic acids is 1. The van der Waals surface area contributed by atoms with Crippen molar-refractivity contribution in [3.63, 3.8) is 0 Å². The van der Waals surface area contributed by atoms with E-state index in [0.29, 0.717) is 5.88 Å². The first kappa shape index (κ1) is 17.1. The summed E-state index contributed by atoms with van der Waals surface area (Å²) < 4.78 is 34.8. The molecule has 0 saturated carbocycles. The maximum Gasteiger partial charge on any atom is 0.339 e. The molecule has 0 aliphatic rings. The number of nitrogens with zero attached hydrogens (tertiary/aromatic N) is 1. The van der Waals surface area contributed by atoms with Gasteiger partial charge in [0, 0.05) is 18.7 Å². The number of esters is 1. The standard InChI is InChI=1S/C15H19F2NO3/c1-10(13(16)17)7-8-20-14(19)11-5-6-12(18-9-11)21-15(2,3)4/h5-6,9H,7-8H2,1-4H3. The van der Waals surface area contributed by atoms with Crippen LogP contribution in [0, 0.1) is 0 Å². The summed E-state index contributed by atoms with van der Waals surface area (Å²) in [7, 11) is 0. The predicted molar refractivity (Wildman–Crippen MR) is 74.4 cm³/mol. The normalized spacial score (nSPS) is 11.0. The van der Waals surface area contributed by atoms with Crippen LogP contribution in [0.4, 0.5) is 8.78 Å². The predicted octanol–water partition coefficient (Wildman–Crippen LogP) is 3.98. The highest BCUT2D eigenvalue weighted by Gasteiger charge is 2.14. The van der Waals surface area contributed by atoms with Crippen LogP contribution in [0.3, 0.4) is 0 Å². The summed E-state index contributed by atoms with van der Waals surface area (Å²) >= 11 is 0. The van der Waals surface area contributed by atoms with Gasteiger partial charge in [0.1, 0.15) is 5.60 Å². The number of hydrogen-bond donors (Lipinski definition) is 0. The van der Waals surface area contributed by atoms with Crippen LogP contribution in [-0.2, 0) is 4.74 Å². The van der Waals surface area contributed by atoms with Crippen molar-refractivity contribution < 1.29 is 23.0 Å². The van der Waals surface area contributed by atoms with E-state index in [1.54, 1.807) is 6.07 Å². The molecule has 0 aromatic carbocycles. The van der Waals surface area contributed by atoms with E-state index in [2.05, 4.69) is 4.98 Å². The number of rotatable bonds is 5. The average molecular weight is 299 g/mol.